The monoisotopic (exact) mass is 619 g/mol. The maximum atomic E-state index is 12.9. The molecule has 186 valence electrons. The smallest absolute Gasteiger partial charge is 0.328 e. The highest BCUT2D eigenvalue weighted by Crippen LogP contribution is 2.44. The number of esters is 1. The van der Waals surface area contributed by atoms with Gasteiger partial charge in [-0.05, 0) is 80.6 Å². The second-order valence-electron chi connectivity index (χ2n) is 7.97. The number of hydrogen-bond donors (Lipinski definition) is 3. The van der Waals surface area contributed by atoms with Crippen LogP contribution in [0.25, 0.3) is 0 Å². The Morgan fingerprint density at radius 2 is 1.76 bits per heavy atom. The molecule has 8 nitrogen and oxygen atoms in total. The summed E-state index contributed by atoms with van der Waals surface area (Å²) in [4.78, 5) is 34.9. The van der Waals surface area contributed by atoms with Gasteiger partial charge in [-0.3, -0.25) is 9.36 Å². The number of amides is 1. The first-order valence-electron chi connectivity index (χ1n) is 10.6. The Hall–Kier alpha value is -1.87. The summed E-state index contributed by atoms with van der Waals surface area (Å²) in [5, 5.41) is 12.9. The van der Waals surface area contributed by atoms with Gasteiger partial charge in [0.25, 0.3) is 5.91 Å². The van der Waals surface area contributed by atoms with Gasteiger partial charge in [0.05, 0.1) is 21.1 Å². The van der Waals surface area contributed by atoms with Crippen molar-refractivity contribution >= 4 is 51.1 Å². The number of phenols is 1. The number of benzene rings is 2. The van der Waals surface area contributed by atoms with Crippen LogP contribution in [0.5, 0.6) is 17.2 Å². The van der Waals surface area contributed by atoms with Gasteiger partial charge in [0.1, 0.15) is 17.5 Å². The molecule has 0 heterocycles. The maximum absolute atomic E-state index is 12.9. The van der Waals surface area contributed by atoms with Crippen LogP contribution in [-0.2, 0) is 20.3 Å². The van der Waals surface area contributed by atoms with Crippen molar-refractivity contribution in [2.24, 2.45) is 5.92 Å². The van der Waals surface area contributed by atoms with Crippen molar-refractivity contribution in [1.29, 1.82) is 0 Å². The van der Waals surface area contributed by atoms with Crippen molar-refractivity contribution in [3.63, 3.8) is 0 Å². The topological polar surface area (TPSA) is 122 Å². The molecule has 0 aromatic heterocycles. The van der Waals surface area contributed by atoms with E-state index >= 15 is 0 Å². The van der Waals surface area contributed by atoms with Crippen LogP contribution in [0.2, 0.25) is 0 Å². The van der Waals surface area contributed by atoms with Crippen molar-refractivity contribution in [3.05, 3.63) is 50.4 Å². The molecule has 3 unspecified atom stereocenters. The average Bonchev–Trinajstić information content (AvgIpc) is 2.73. The molecule has 11 heteroatoms. The molecule has 1 amide bonds. The third-order valence-corrected chi connectivity index (χ3v) is 7.14. The molecule has 0 saturated carbocycles. The summed E-state index contributed by atoms with van der Waals surface area (Å²) in [6.07, 6.45) is 0.645. The van der Waals surface area contributed by atoms with Crippen LogP contribution in [0, 0.1) is 5.92 Å². The van der Waals surface area contributed by atoms with Gasteiger partial charge in [-0.1, -0.05) is 20.3 Å². The molecule has 2 aromatic carbocycles. The standard InChI is InChI=1S/C23H28Br2NO7P/c1-5-13(3)20(23(29)32-6-2)26-22(28)16-11-15(7-8-19(16)27)33-21-17(24)9-14(10-18(21)25)12-34(4,30)31/h7-11,13,20,27H,5-6,12H2,1-4H3,(H,26,28)(H,30,31). The minimum atomic E-state index is -3.25. The fourth-order valence-corrected chi connectivity index (χ4v) is 5.44. The molecule has 0 fully saturated rings. The van der Waals surface area contributed by atoms with Crippen molar-refractivity contribution in [2.45, 2.75) is 39.4 Å². The highest BCUT2D eigenvalue weighted by molar-refractivity contribution is 9.11. The molecular formula is C23H28Br2NO7P. The molecule has 3 atom stereocenters. The van der Waals surface area contributed by atoms with Gasteiger partial charge in [-0.2, -0.15) is 0 Å². The molecule has 2 aromatic rings. The molecule has 0 spiro atoms. The lowest BCUT2D eigenvalue weighted by molar-refractivity contribution is -0.146. The summed E-state index contributed by atoms with van der Waals surface area (Å²) in [6.45, 7) is 6.89. The molecule has 0 aliphatic heterocycles. The number of phenolic OH excluding ortho intramolecular Hbond substituents is 1. The average molecular weight is 621 g/mol. The van der Waals surface area contributed by atoms with E-state index in [1.807, 2.05) is 13.8 Å². The maximum Gasteiger partial charge on any atom is 0.328 e. The first kappa shape index (κ1) is 28.4. The summed E-state index contributed by atoms with van der Waals surface area (Å²) in [5.74, 6) is -0.981. The van der Waals surface area contributed by atoms with E-state index in [-0.39, 0.29) is 35.7 Å². The minimum absolute atomic E-state index is 0.00578. The molecular weight excluding hydrogens is 593 g/mol. The van der Waals surface area contributed by atoms with E-state index in [1.165, 1.54) is 24.9 Å². The first-order chi connectivity index (χ1) is 15.9. The fraction of sp³-hybridized carbons (Fsp3) is 0.391. The zero-order valence-corrected chi connectivity index (χ0v) is 23.4. The van der Waals surface area contributed by atoms with Crippen LogP contribution in [0.3, 0.4) is 0 Å². The highest BCUT2D eigenvalue weighted by atomic mass is 79.9. The predicted octanol–water partition coefficient (Wildman–Crippen LogP) is 5.82. The van der Waals surface area contributed by atoms with Crippen molar-refractivity contribution < 1.29 is 33.6 Å². The van der Waals surface area contributed by atoms with E-state index in [0.29, 0.717) is 26.7 Å². The van der Waals surface area contributed by atoms with E-state index in [4.69, 9.17) is 9.47 Å². The van der Waals surface area contributed by atoms with E-state index in [9.17, 15) is 24.2 Å². The summed E-state index contributed by atoms with van der Waals surface area (Å²) >= 11 is 6.81. The van der Waals surface area contributed by atoms with Crippen LogP contribution >= 0.6 is 39.2 Å². The van der Waals surface area contributed by atoms with Crippen LogP contribution < -0.4 is 10.1 Å². The van der Waals surface area contributed by atoms with Crippen LogP contribution in [0.1, 0.15) is 43.1 Å². The van der Waals surface area contributed by atoms with Crippen LogP contribution in [-0.4, -0.2) is 41.2 Å². The fourth-order valence-electron chi connectivity index (χ4n) is 3.14. The molecule has 0 bridgehead atoms. The van der Waals surface area contributed by atoms with Gasteiger partial charge in [-0.25, -0.2) is 4.79 Å². The Kier molecular flexibility index (Phi) is 10.2. The number of nitrogens with one attached hydrogen (secondary N) is 1. The minimum Gasteiger partial charge on any atom is -0.507 e. The Labute approximate surface area is 215 Å². The number of aromatic hydroxyl groups is 1. The quantitative estimate of drug-likeness (QED) is 0.226. The van der Waals surface area contributed by atoms with Gasteiger partial charge in [0, 0.05) is 12.8 Å². The molecule has 3 N–H and O–H groups in total. The molecule has 0 aliphatic rings. The summed E-state index contributed by atoms with van der Waals surface area (Å²) in [6, 6.07) is 6.67. The number of ether oxygens (including phenoxy) is 2. The normalized spacial score (nSPS) is 14.6. The number of carbonyl (C=O) groups excluding carboxylic acids is 2. The molecule has 0 radical (unpaired) electrons. The lowest BCUT2D eigenvalue weighted by atomic mass is 9.98. The molecule has 34 heavy (non-hydrogen) atoms. The van der Waals surface area contributed by atoms with Crippen LogP contribution in [0.15, 0.2) is 39.3 Å². The van der Waals surface area contributed by atoms with Gasteiger partial charge in [0.15, 0.2) is 5.75 Å². The Bertz CT molecular complexity index is 1080. The highest BCUT2D eigenvalue weighted by Gasteiger charge is 2.28. The number of halogens is 2. The zero-order valence-electron chi connectivity index (χ0n) is 19.3. The molecule has 0 aliphatic carbocycles. The predicted molar refractivity (Wildman–Crippen MR) is 137 cm³/mol. The van der Waals surface area contributed by atoms with Crippen LogP contribution in [0.4, 0.5) is 0 Å². The van der Waals surface area contributed by atoms with Crippen molar-refractivity contribution in [3.8, 4) is 17.2 Å². The molecule has 0 saturated heterocycles. The second kappa shape index (κ2) is 12.2. The van der Waals surface area contributed by atoms with E-state index in [1.54, 1.807) is 19.1 Å². The SMILES string of the molecule is CCOC(=O)C(NC(=O)c1cc(Oc2c(Br)cc(CP(C)(=O)O)cc2Br)ccc1O)C(C)CC. The first-order valence-corrected chi connectivity index (χ1v) is 14.5. The van der Waals surface area contributed by atoms with E-state index < -0.39 is 25.3 Å². The van der Waals surface area contributed by atoms with Crippen molar-refractivity contribution in [1.82, 2.24) is 5.32 Å². The molecule has 2 rings (SSSR count). The Morgan fingerprint density at radius 1 is 1.15 bits per heavy atom. The number of carbonyl (C=O) groups is 2. The third kappa shape index (κ3) is 7.83. The van der Waals surface area contributed by atoms with E-state index in [0.717, 1.165) is 0 Å². The second-order valence-corrected chi connectivity index (χ2v) is 12.1. The number of rotatable bonds is 10. The van der Waals surface area contributed by atoms with Gasteiger partial charge in [0.2, 0.25) is 7.37 Å². The summed E-state index contributed by atoms with van der Waals surface area (Å²) < 4.78 is 23.8. The van der Waals surface area contributed by atoms with E-state index in [2.05, 4.69) is 37.2 Å². The van der Waals surface area contributed by atoms with Gasteiger partial charge < -0.3 is 24.8 Å². The van der Waals surface area contributed by atoms with Crippen molar-refractivity contribution in [2.75, 3.05) is 13.3 Å². The summed E-state index contributed by atoms with van der Waals surface area (Å²) in [7, 11) is -3.25. The largest absolute Gasteiger partial charge is 0.507 e. The van der Waals surface area contributed by atoms with Gasteiger partial charge in [-0.15, -0.1) is 0 Å². The lowest BCUT2D eigenvalue weighted by Gasteiger charge is -2.22. The number of hydrogen-bond acceptors (Lipinski definition) is 6. The third-order valence-electron chi connectivity index (χ3n) is 5.01. The Balaban J connectivity index is 2.30. The van der Waals surface area contributed by atoms with Gasteiger partial charge >= 0.3 is 5.97 Å². The lowest BCUT2D eigenvalue weighted by Crippen LogP contribution is -2.46. The summed E-state index contributed by atoms with van der Waals surface area (Å²) in [5.41, 5.74) is 0.575. The zero-order chi connectivity index (χ0) is 25.6. The Morgan fingerprint density at radius 3 is 2.29 bits per heavy atom.